The lowest BCUT2D eigenvalue weighted by Crippen LogP contribution is -2.44. The quantitative estimate of drug-likeness (QED) is 0.663. The minimum absolute atomic E-state index is 0.147. The lowest BCUT2D eigenvalue weighted by Gasteiger charge is -2.18. The van der Waals surface area contributed by atoms with Crippen LogP contribution < -0.4 is 10.0 Å². The second-order valence-electron chi connectivity index (χ2n) is 6.53. The van der Waals surface area contributed by atoms with E-state index in [1.54, 1.807) is 30.0 Å². The number of carbonyl (C=O) groups excluding carboxylic acids is 1. The standard InChI is InChI=1S/C20H26N2O3S2/c1-15(2)16-9-11-17(12-10-16)21-20(23)19(13-14-26-3)22-27(24,25)18-7-5-4-6-8-18/h4-12,15,19,22H,13-14H2,1-3H3,(H,21,23). The van der Waals surface area contributed by atoms with Crippen LogP contribution in [0.25, 0.3) is 0 Å². The predicted octanol–water partition coefficient (Wildman–Crippen LogP) is 3.85. The van der Waals surface area contributed by atoms with Gasteiger partial charge in [-0.05, 0) is 54.2 Å². The topological polar surface area (TPSA) is 75.3 Å². The second-order valence-corrected chi connectivity index (χ2v) is 9.23. The highest BCUT2D eigenvalue weighted by molar-refractivity contribution is 7.98. The third kappa shape index (κ3) is 6.37. The molecule has 7 heteroatoms. The third-order valence-corrected chi connectivity index (χ3v) is 6.25. The van der Waals surface area contributed by atoms with Gasteiger partial charge in [-0.15, -0.1) is 0 Å². The summed E-state index contributed by atoms with van der Waals surface area (Å²) in [6.45, 7) is 4.20. The molecule has 0 aliphatic rings. The van der Waals surface area contributed by atoms with E-state index in [9.17, 15) is 13.2 Å². The van der Waals surface area contributed by atoms with Gasteiger partial charge in [0.2, 0.25) is 15.9 Å². The summed E-state index contributed by atoms with van der Waals surface area (Å²) >= 11 is 1.57. The van der Waals surface area contributed by atoms with Crippen molar-refractivity contribution in [1.29, 1.82) is 0 Å². The molecule has 1 atom stereocenters. The van der Waals surface area contributed by atoms with Crippen LogP contribution in [0.2, 0.25) is 0 Å². The smallest absolute Gasteiger partial charge is 0.242 e. The van der Waals surface area contributed by atoms with Crippen LogP contribution in [0.4, 0.5) is 5.69 Å². The summed E-state index contributed by atoms with van der Waals surface area (Å²) < 4.78 is 27.7. The number of anilines is 1. The van der Waals surface area contributed by atoms with E-state index < -0.39 is 16.1 Å². The van der Waals surface area contributed by atoms with Crippen molar-refractivity contribution < 1.29 is 13.2 Å². The summed E-state index contributed by atoms with van der Waals surface area (Å²) in [6, 6.07) is 14.8. The monoisotopic (exact) mass is 406 g/mol. The lowest BCUT2D eigenvalue weighted by molar-refractivity contribution is -0.117. The molecule has 0 aromatic heterocycles. The van der Waals surface area contributed by atoms with E-state index in [1.165, 1.54) is 17.7 Å². The van der Waals surface area contributed by atoms with Gasteiger partial charge in [-0.1, -0.05) is 44.2 Å². The molecule has 1 unspecified atom stereocenters. The molecule has 0 saturated carbocycles. The summed E-state index contributed by atoms with van der Waals surface area (Å²) in [5.74, 6) is 0.712. The first-order valence-electron chi connectivity index (χ1n) is 8.80. The third-order valence-electron chi connectivity index (χ3n) is 4.12. The first kappa shape index (κ1) is 21.5. The molecule has 0 bridgehead atoms. The van der Waals surface area contributed by atoms with Crippen LogP contribution in [-0.2, 0) is 14.8 Å². The first-order chi connectivity index (χ1) is 12.8. The molecular formula is C20H26N2O3S2. The van der Waals surface area contributed by atoms with Crippen LogP contribution in [-0.4, -0.2) is 32.4 Å². The summed E-state index contributed by atoms with van der Waals surface area (Å²) in [7, 11) is -3.77. The van der Waals surface area contributed by atoms with Crippen molar-refractivity contribution in [3.05, 3.63) is 60.2 Å². The Labute approximate surface area is 166 Å². The Hall–Kier alpha value is -1.83. The van der Waals surface area contributed by atoms with Crippen molar-refractivity contribution in [3.8, 4) is 0 Å². The fourth-order valence-electron chi connectivity index (χ4n) is 2.51. The van der Waals surface area contributed by atoms with Crippen molar-refractivity contribution in [2.24, 2.45) is 0 Å². The zero-order chi connectivity index (χ0) is 19.9. The number of hydrogen-bond acceptors (Lipinski definition) is 4. The first-order valence-corrected chi connectivity index (χ1v) is 11.7. The Kier molecular flexibility index (Phi) is 7.89. The minimum atomic E-state index is -3.77. The molecular weight excluding hydrogens is 380 g/mol. The maximum Gasteiger partial charge on any atom is 0.242 e. The fourth-order valence-corrected chi connectivity index (χ4v) is 4.24. The number of thioether (sulfide) groups is 1. The highest BCUT2D eigenvalue weighted by atomic mass is 32.2. The van der Waals surface area contributed by atoms with E-state index in [0.717, 1.165) is 0 Å². The normalized spacial score (nSPS) is 12.7. The Balaban J connectivity index is 2.13. The van der Waals surface area contributed by atoms with Crippen molar-refractivity contribution in [2.75, 3.05) is 17.3 Å². The molecule has 2 N–H and O–H groups in total. The van der Waals surface area contributed by atoms with Gasteiger partial charge in [-0.2, -0.15) is 16.5 Å². The van der Waals surface area contributed by atoms with Gasteiger partial charge in [0.1, 0.15) is 6.04 Å². The van der Waals surface area contributed by atoms with Gasteiger partial charge in [0, 0.05) is 5.69 Å². The molecule has 0 aliphatic carbocycles. The van der Waals surface area contributed by atoms with Gasteiger partial charge in [-0.25, -0.2) is 8.42 Å². The Bertz CT molecular complexity index is 835. The second kappa shape index (κ2) is 9.92. The molecule has 1 amide bonds. The largest absolute Gasteiger partial charge is 0.325 e. The number of carbonyl (C=O) groups is 1. The molecule has 146 valence electrons. The van der Waals surface area contributed by atoms with Crippen molar-refractivity contribution >= 4 is 33.4 Å². The van der Waals surface area contributed by atoms with Crippen LogP contribution >= 0.6 is 11.8 Å². The maximum atomic E-state index is 12.7. The van der Waals surface area contributed by atoms with Gasteiger partial charge in [0.15, 0.2) is 0 Å². The molecule has 5 nitrogen and oxygen atoms in total. The van der Waals surface area contributed by atoms with Gasteiger partial charge in [0.05, 0.1) is 4.90 Å². The molecule has 2 rings (SSSR count). The van der Waals surface area contributed by atoms with E-state index in [1.807, 2.05) is 30.5 Å². The summed E-state index contributed by atoms with van der Waals surface area (Å²) in [5, 5.41) is 2.82. The van der Waals surface area contributed by atoms with Crippen molar-refractivity contribution in [2.45, 2.75) is 37.1 Å². The highest BCUT2D eigenvalue weighted by Gasteiger charge is 2.25. The van der Waals surface area contributed by atoms with E-state index in [0.29, 0.717) is 23.8 Å². The highest BCUT2D eigenvalue weighted by Crippen LogP contribution is 2.18. The summed E-state index contributed by atoms with van der Waals surface area (Å²) in [6.07, 6.45) is 2.33. The summed E-state index contributed by atoms with van der Waals surface area (Å²) in [4.78, 5) is 12.8. The SMILES string of the molecule is CSCCC(NS(=O)(=O)c1ccccc1)C(=O)Nc1ccc(C(C)C)cc1. The zero-order valence-corrected chi connectivity index (χ0v) is 17.4. The molecule has 0 heterocycles. The zero-order valence-electron chi connectivity index (χ0n) is 15.8. The number of rotatable bonds is 9. The maximum absolute atomic E-state index is 12.7. The van der Waals surface area contributed by atoms with Crippen LogP contribution in [0.5, 0.6) is 0 Å². The Morgan fingerprint density at radius 3 is 2.22 bits per heavy atom. The minimum Gasteiger partial charge on any atom is -0.325 e. The Morgan fingerprint density at radius 2 is 1.67 bits per heavy atom. The average molecular weight is 407 g/mol. The van der Waals surface area contributed by atoms with E-state index in [-0.39, 0.29) is 10.8 Å². The fraction of sp³-hybridized carbons (Fsp3) is 0.350. The van der Waals surface area contributed by atoms with Crippen molar-refractivity contribution in [3.63, 3.8) is 0 Å². The lowest BCUT2D eigenvalue weighted by atomic mass is 10.0. The van der Waals surface area contributed by atoms with Gasteiger partial charge in [0.25, 0.3) is 0 Å². The number of nitrogens with one attached hydrogen (secondary N) is 2. The van der Waals surface area contributed by atoms with E-state index >= 15 is 0 Å². The van der Waals surface area contributed by atoms with Crippen molar-refractivity contribution in [1.82, 2.24) is 4.72 Å². The number of benzene rings is 2. The molecule has 0 aliphatic heterocycles. The average Bonchev–Trinajstić information content (AvgIpc) is 2.66. The molecule has 0 spiro atoms. The molecule has 0 radical (unpaired) electrons. The van der Waals surface area contributed by atoms with Crippen LogP contribution in [0.15, 0.2) is 59.5 Å². The molecule has 0 fully saturated rings. The molecule has 0 saturated heterocycles. The number of amides is 1. The predicted molar refractivity (Wildman–Crippen MR) is 113 cm³/mol. The molecule has 2 aromatic carbocycles. The number of hydrogen-bond donors (Lipinski definition) is 2. The van der Waals surface area contributed by atoms with Crippen LogP contribution in [0.1, 0.15) is 31.7 Å². The summed E-state index contributed by atoms with van der Waals surface area (Å²) in [5.41, 5.74) is 1.83. The molecule has 27 heavy (non-hydrogen) atoms. The van der Waals surface area contributed by atoms with Crippen LogP contribution in [0, 0.1) is 0 Å². The van der Waals surface area contributed by atoms with E-state index in [2.05, 4.69) is 23.9 Å². The van der Waals surface area contributed by atoms with Gasteiger partial charge < -0.3 is 5.32 Å². The van der Waals surface area contributed by atoms with Gasteiger partial charge >= 0.3 is 0 Å². The number of sulfonamides is 1. The van der Waals surface area contributed by atoms with E-state index in [4.69, 9.17) is 0 Å². The van der Waals surface area contributed by atoms with Crippen LogP contribution in [0.3, 0.4) is 0 Å². The van der Waals surface area contributed by atoms with Gasteiger partial charge in [-0.3, -0.25) is 4.79 Å². The molecule has 2 aromatic rings. The Morgan fingerprint density at radius 1 is 1.04 bits per heavy atom.